The maximum Gasteiger partial charge on any atom is 0.126 e. The summed E-state index contributed by atoms with van der Waals surface area (Å²) in [6, 6.07) is 8.50. The molecule has 0 aromatic heterocycles. The molecule has 0 saturated heterocycles. The molecule has 2 aromatic rings. The Hall–Kier alpha value is -2.04. The summed E-state index contributed by atoms with van der Waals surface area (Å²) in [6.07, 6.45) is 1.55. The van der Waals surface area contributed by atoms with Gasteiger partial charge in [0.25, 0.3) is 0 Å². The van der Waals surface area contributed by atoms with Crippen molar-refractivity contribution in [3.8, 4) is 11.5 Å². The van der Waals surface area contributed by atoms with E-state index < -0.39 is 0 Å². The number of hydrogen-bond donors (Lipinski definition) is 2. The summed E-state index contributed by atoms with van der Waals surface area (Å²) in [6.45, 7) is 8.83. The third-order valence-electron chi connectivity index (χ3n) is 4.32. The average molecular weight is 358 g/mol. The second kappa shape index (κ2) is 9.60. The molecule has 0 fully saturated rings. The lowest BCUT2D eigenvalue weighted by Crippen LogP contribution is -2.09. The molecule has 0 bridgehead atoms. The SMILES string of the molecule is CCc1cc(C)cc(Cc2cc(C)cc(C)c2OCCO)c1OCCO. The van der Waals surface area contributed by atoms with Crippen molar-refractivity contribution in [2.24, 2.45) is 0 Å². The van der Waals surface area contributed by atoms with Crippen LogP contribution >= 0.6 is 0 Å². The van der Waals surface area contributed by atoms with E-state index in [4.69, 9.17) is 14.6 Å². The molecular formula is C22H30O4. The van der Waals surface area contributed by atoms with Crippen LogP contribution in [0.4, 0.5) is 0 Å². The van der Waals surface area contributed by atoms with E-state index in [-0.39, 0.29) is 26.4 Å². The molecule has 2 aromatic carbocycles. The first-order valence-corrected chi connectivity index (χ1v) is 9.20. The zero-order chi connectivity index (χ0) is 19.1. The minimum atomic E-state index is -0.0119. The molecule has 4 heteroatoms. The Morgan fingerprint density at radius 3 is 1.81 bits per heavy atom. The first-order chi connectivity index (χ1) is 12.5. The van der Waals surface area contributed by atoms with Gasteiger partial charge in [-0.05, 0) is 49.4 Å². The van der Waals surface area contributed by atoms with Crippen LogP contribution in [0.3, 0.4) is 0 Å². The van der Waals surface area contributed by atoms with E-state index in [0.717, 1.165) is 40.2 Å². The molecule has 2 rings (SSSR count). The Morgan fingerprint density at radius 1 is 0.731 bits per heavy atom. The predicted octanol–water partition coefficient (Wildman–Crippen LogP) is 3.51. The molecule has 0 saturated carbocycles. The van der Waals surface area contributed by atoms with Crippen LogP contribution in [-0.4, -0.2) is 36.6 Å². The molecule has 0 aliphatic heterocycles. The largest absolute Gasteiger partial charge is 0.491 e. The summed E-state index contributed by atoms with van der Waals surface area (Å²) < 4.78 is 11.7. The lowest BCUT2D eigenvalue weighted by molar-refractivity contribution is 0.198. The minimum Gasteiger partial charge on any atom is -0.491 e. The van der Waals surface area contributed by atoms with Crippen molar-refractivity contribution >= 4 is 0 Å². The lowest BCUT2D eigenvalue weighted by Gasteiger charge is -2.19. The summed E-state index contributed by atoms with van der Waals surface area (Å²) in [5.74, 6) is 1.69. The fourth-order valence-electron chi connectivity index (χ4n) is 3.39. The summed E-state index contributed by atoms with van der Waals surface area (Å²) in [4.78, 5) is 0. The van der Waals surface area contributed by atoms with Gasteiger partial charge >= 0.3 is 0 Å². The zero-order valence-corrected chi connectivity index (χ0v) is 16.3. The Balaban J connectivity index is 2.48. The van der Waals surface area contributed by atoms with Gasteiger partial charge in [-0.3, -0.25) is 0 Å². The maximum absolute atomic E-state index is 9.17. The first-order valence-electron chi connectivity index (χ1n) is 9.20. The number of benzene rings is 2. The van der Waals surface area contributed by atoms with E-state index in [2.05, 4.69) is 45.0 Å². The van der Waals surface area contributed by atoms with Gasteiger partial charge in [0.2, 0.25) is 0 Å². The Bertz CT molecular complexity index is 737. The summed E-state index contributed by atoms with van der Waals surface area (Å²) in [5.41, 5.74) is 6.75. The molecule has 0 unspecified atom stereocenters. The van der Waals surface area contributed by atoms with Crippen molar-refractivity contribution in [2.45, 2.75) is 40.5 Å². The molecule has 0 atom stereocenters. The van der Waals surface area contributed by atoms with Gasteiger partial charge in [0.05, 0.1) is 13.2 Å². The Labute approximate surface area is 156 Å². The predicted molar refractivity (Wildman–Crippen MR) is 104 cm³/mol. The molecule has 0 heterocycles. The highest BCUT2D eigenvalue weighted by Crippen LogP contribution is 2.33. The Morgan fingerprint density at radius 2 is 1.23 bits per heavy atom. The minimum absolute atomic E-state index is 0.00904. The molecule has 0 aliphatic rings. The molecular weight excluding hydrogens is 328 g/mol. The van der Waals surface area contributed by atoms with Crippen LogP contribution in [0.2, 0.25) is 0 Å². The topological polar surface area (TPSA) is 58.9 Å². The van der Waals surface area contributed by atoms with E-state index in [1.165, 1.54) is 11.1 Å². The van der Waals surface area contributed by atoms with Gasteiger partial charge in [-0.25, -0.2) is 0 Å². The van der Waals surface area contributed by atoms with Crippen LogP contribution in [0, 0.1) is 20.8 Å². The molecule has 0 radical (unpaired) electrons. The van der Waals surface area contributed by atoms with Gasteiger partial charge in [-0.2, -0.15) is 0 Å². The van der Waals surface area contributed by atoms with E-state index in [1.54, 1.807) is 0 Å². The van der Waals surface area contributed by atoms with Gasteiger partial charge < -0.3 is 19.7 Å². The standard InChI is InChI=1S/C22H30O4/c1-5-18-11-16(3)13-20(22(18)26-9-7-24)14-19-12-15(2)10-17(4)21(19)25-8-6-23/h10-13,23-24H,5-9,14H2,1-4H3. The lowest BCUT2D eigenvalue weighted by atomic mass is 9.95. The molecule has 0 aliphatic carbocycles. The number of aryl methyl sites for hydroxylation is 4. The molecule has 2 N–H and O–H groups in total. The van der Waals surface area contributed by atoms with Crippen LogP contribution < -0.4 is 9.47 Å². The number of aliphatic hydroxyl groups excluding tert-OH is 2. The fourth-order valence-corrected chi connectivity index (χ4v) is 3.39. The van der Waals surface area contributed by atoms with Gasteiger partial charge in [0.15, 0.2) is 0 Å². The van der Waals surface area contributed by atoms with Crippen molar-refractivity contribution in [3.63, 3.8) is 0 Å². The van der Waals surface area contributed by atoms with Crippen LogP contribution in [0.5, 0.6) is 11.5 Å². The summed E-state index contributed by atoms with van der Waals surface area (Å²) in [5, 5.41) is 18.3. The van der Waals surface area contributed by atoms with Gasteiger partial charge in [-0.15, -0.1) is 0 Å². The van der Waals surface area contributed by atoms with Crippen LogP contribution in [-0.2, 0) is 12.8 Å². The van der Waals surface area contributed by atoms with Crippen LogP contribution in [0.15, 0.2) is 24.3 Å². The number of rotatable bonds is 9. The fraction of sp³-hybridized carbons (Fsp3) is 0.455. The molecule has 0 spiro atoms. The second-order valence-electron chi connectivity index (χ2n) is 6.66. The summed E-state index contributed by atoms with van der Waals surface area (Å²) >= 11 is 0. The summed E-state index contributed by atoms with van der Waals surface area (Å²) in [7, 11) is 0. The van der Waals surface area contributed by atoms with Gasteiger partial charge in [0, 0.05) is 6.42 Å². The van der Waals surface area contributed by atoms with Crippen molar-refractivity contribution in [1.29, 1.82) is 0 Å². The van der Waals surface area contributed by atoms with Crippen molar-refractivity contribution in [1.82, 2.24) is 0 Å². The monoisotopic (exact) mass is 358 g/mol. The van der Waals surface area contributed by atoms with Crippen molar-refractivity contribution < 1.29 is 19.7 Å². The Kier molecular flexibility index (Phi) is 7.49. The van der Waals surface area contributed by atoms with Crippen molar-refractivity contribution in [2.75, 3.05) is 26.4 Å². The molecule has 4 nitrogen and oxygen atoms in total. The number of ether oxygens (including phenoxy) is 2. The highest BCUT2D eigenvalue weighted by molar-refractivity contribution is 5.51. The molecule has 26 heavy (non-hydrogen) atoms. The van der Waals surface area contributed by atoms with E-state index in [9.17, 15) is 5.11 Å². The quantitative estimate of drug-likeness (QED) is 0.720. The van der Waals surface area contributed by atoms with Crippen molar-refractivity contribution in [3.05, 3.63) is 57.6 Å². The van der Waals surface area contributed by atoms with Crippen LogP contribution in [0.1, 0.15) is 40.3 Å². The van der Waals surface area contributed by atoms with Gasteiger partial charge in [-0.1, -0.05) is 42.3 Å². The number of hydrogen-bond acceptors (Lipinski definition) is 4. The maximum atomic E-state index is 9.17. The third-order valence-corrected chi connectivity index (χ3v) is 4.32. The smallest absolute Gasteiger partial charge is 0.126 e. The normalized spacial score (nSPS) is 10.8. The highest BCUT2D eigenvalue weighted by Gasteiger charge is 2.15. The zero-order valence-electron chi connectivity index (χ0n) is 16.3. The molecule has 142 valence electrons. The third kappa shape index (κ3) is 4.99. The van der Waals surface area contributed by atoms with E-state index >= 15 is 0 Å². The van der Waals surface area contributed by atoms with E-state index in [0.29, 0.717) is 6.42 Å². The first kappa shape index (κ1) is 20.3. The molecule has 0 amide bonds. The van der Waals surface area contributed by atoms with E-state index in [1.807, 2.05) is 6.92 Å². The van der Waals surface area contributed by atoms with Gasteiger partial charge in [0.1, 0.15) is 24.7 Å². The average Bonchev–Trinajstić information content (AvgIpc) is 2.59. The second-order valence-corrected chi connectivity index (χ2v) is 6.66. The highest BCUT2D eigenvalue weighted by atomic mass is 16.5. The van der Waals surface area contributed by atoms with Crippen LogP contribution in [0.25, 0.3) is 0 Å². The number of aliphatic hydroxyl groups is 2.